The van der Waals surface area contributed by atoms with Crippen LogP contribution >= 0.6 is 0 Å². The van der Waals surface area contributed by atoms with Crippen molar-refractivity contribution in [3.05, 3.63) is 95.9 Å². The van der Waals surface area contributed by atoms with Crippen molar-refractivity contribution in [2.24, 2.45) is 0 Å². The summed E-state index contributed by atoms with van der Waals surface area (Å²) in [5.74, 6) is 0. The predicted molar refractivity (Wildman–Crippen MR) is 165 cm³/mol. The van der Waals surface area contributed by atoms with Crippen LogP contribution in [0.1, 0.15) is 19.4 Å². The van der Waals surface area contributed by atoms with E-state index >= 15 is 0 Å². The van der Waals surface area contributed by atoms with Crippen LogP contribution in [0.2, 0.25) is 0 Å². The van der Waals surface area contributed by atoms with Crippen LogP contribution in [0.15, 0.2) is 94.8 Å². The fourth-order valence-electron chi connectivity index (χ4n) is 6.01. The highest BCUT2D eigenvalue weighted by Crippen LogP contribution is 2.38. The molecule has 1 aliphatic heterocycles. The Balaban J connectivity index is 1.41. The molecule has 0 radical (unpaired) electrons. The van der Waals surface area contributed by atoms with Gasteiger partial charge in [0.25, 0.3) is 10.1 Å². The molecule has 1 atom stereocenters. The lowest BCUT2D eigenvalue weighted by molar-refractivity contribution is -0.430. The van der Waals surface area contributed by atoms with E-state index in [1.807, 2.05) is 72.8 Å². The number of hydrogen-bond acceptors (Lipinski definition) is 4. The molecule has 0 saturated carbocycles. The third kappa shape index (κ3) is 4.28. The molecular formula is C32H29N2O5S2+. The number of aromatic nitrogens is 1. The van der Waals surface area contributed by atoms with E-state index in [0.717, 1.165) is 62.5 Å². The molecular weight excluding hydrogens is 556 g/mol. The summed E-state index contributed by atoms with van der Waals surface area (Å²) in [6, 6.07) is 18.7. The highest BCUT2D eigenvalue weighted by Gasteiger charge is 2.30. The van der Waals surface area contributed by atoms with Gasteiger partial charge < -0.3 is 9.12 Å². The van der Waals surface area contributed by atoms with Gasteiger partial charge in [-0.2, -0.15) is 13.0 Å². The minimum Gasteiger partial charge on any atom is -0.341 e. The van der Waals surface area contributed by atoms with Crippen molar-refractivity contribution < 1.29 is 25.9 Å². The standard InChI is InChI=1S/C32H28N2O5S2/c1-4-33-25(21-11-9-13-23-29(40(35)36)19-17-27(33)31(21)23)15-7-6-8-16-26-22-12-10-14-24-30(41(37,38)39-3)20-18-28(32(22)24)34(26)5-2/h6-20H,4-5H2,1-3H3/p+1. The lowest BCUT2D eigenvalue weighted by Gasteiger charge is -2.07. The largest absolute Gasteiger partial charge is 0.341 e. The molecule has 0 amide bonds. The molecule has 9 heteroatoms. The molecule has 1 aliphatic rings. The number of aryl methyl sites for hydroxylation is 1. The van der Waals surface area contributed by atoms with Crippen LogP contribution in [0.25, 0.3) is 38.5 Å². The maximum Gasteiger partial charge on any atom is 0.297 e. The molecule has 7 nitrogen and oxygen atoms in total. The zero-order valence-electron chi connectivity index (χ0n) is 22.9. The molecule has 0 bridgehead atoms. The quantitative estimate of drug-likeness (QED) is 0.110. The minimum absolute atomic E-state index is 0.166. The summed E-state index contributed by atoms with van der Waals surface area (Å²) in [7, 11) is -2.67. The summed E-state index contributed by atoms with van der Waals surface area (Å²) in [5.41, 5.74) is 4.07. The van der Waals surface area contributed by atoms with E-state index in [0.29, 0.717) is 10.3 Å². The molecule has 4 aromatic carbocycles. The molecule has 5 aromatic rings. The normalized spacial score (nSPS) is 15.2. The minimum atomic E-state index is -3.85. The van der Waals surface area contributed by atoms with Crippen LogP contribution in [0.4, 0.5) is 5.69 Å². The Morgan fingerprint density at radius 3 is 2.41 bits per heavy atom. The van der Waals surface area contributed by atoms with Crippen LogP contribution in [0.5, 0.6) is 0 Å². The summed E-state index contributed by atoms with van der Waals surface area (Å²) in [6.07, 6.45) is 10.1. The first-order valence-corrected chi connectivity index (χ1v) is 15.8. The first kappa shape index (κ1) is 27.3. The fraction of sp³-hybridized carbons (Fsp3) is 0.156. The Morgan fingerprint density at radius 2 is 1.68 bits per heavy atom. The topological polar surface area (TPSA) is 88.6 Å². The molecule has 208 valence electrons. The Hall–Kier alpha value is -3.89. The summed E-state index contributed by atoms with van der Waals surface area (Å²) in [6.45, 7) is 5.64. The van der Waals surface area contributed by atoms with E-state index in [1.165, 1.54) is 7.11 Å². The van der Waals surface area contributed by atoms with Gasteiger partial charge >= 0.3 is 0 Å². The van der Waals surface area contributed by atoms with Crippen LogP contribution in [0, 0.1) is 0 Å². The van der Waals surface area contributed by atoms with Gasteiger partial charge in [-0.05, 0) is 44.2 Å². The van der Waals surface area contributed by atoms with Gasteiger partial charge in [0.2, 0.25) is 11.4 Å². The zero-order chi connectivity index (χ0) is 28.9. The average Bonchev–Trinajstić information content (AvgIpc) is 3.46. The maximum absolute atomic E-state index is 12.6. The van der Waals surface area contributed by atoms with Crippen molar-refractivity contribution in [3.63, 3.8) is 0 Å². The van der Waals surface area contributed by atoms with Crippen LogP contribution in [-0.4, -0.2) is 45.7 Å². The van der Waals surface area contributed by atoms with Crippen molar-refractivity contribution in [2.45, 2.75) is 30.2 Å². The van der Waals surface area contributed by atoms with Crippen molar-refractivity contribution in [3.8, 4) is 0 Å². The average molecular weight is 586 g/mol. The van der Waals surface area contributed by atoms with E-state index < -0.39 is 21.2 Å². The molecule has 1 aromatic heterocycles. The number of rotatable bonds is 8. The van der Waals surface area contributed by atoms with E-state index in [9.17, 15) is 17.2 Å². The monoisotopic (exact) mass is 585 g/mol. The lowest BCUT2D eigenvalue weighted by atomic mass is 10.0. The molecule has 1 N–H and O–H groups in total. The molecule has 2 heterocycles. The van der Waals surface area contributed by atoms with Crippen molar-refractivity contribution in [1.29, 1.82) is 0 Å². The predicted octanol–water partition coefficient (Wildman–Crippen LogP) is 5.66. The van der Waals surface area contributed by atoms with Gasteiger partial charge in [0.05, 0.1) is 23.0 Å². The highest BCUT2D eigenvalue weighted by molar-refractivity contribution is 7.87. The van der Waals surface area contributed by atoms with Gasteiger partial charge in [0.15, 0.2) is 11.1 Å². The SMILES string of the molecule is CCn1\c(=C/C=C/C=C/C2=[N+](CC)c3ccc(S(=O)O)c4cccc2c34)c2cccc3c(S(=O)(=O)OC)ccc1c32. The maximum atomic E-state index is 12.6. The van der Waals surface area contributed by atoms with Gasteiger partial charge in [-0.1, -0.05) is 48.6 Å². The number of allylic oxidation sites excluding steroid dienone is 4. The summed E-state index contributed by atoms with van der Waals surface area (Å²) in [5, 5.41) is 5.30. The van der Waals surface area contributed by atoms with Gasteiger partial charge in [0, 0.05) is 51.1 Å². The molecule has 0 saturated heterocycles. The Labute approximate surface area is 240 Å². The van der Waals surface area contributed by atoms with Gasteiger partial charge in [-0.25, -0.2) is 4.21 Å². The Kier molecular flexibility index (Phi) is 6.99. The van der Waals surface area contributed by atoms with Gasteiger partial charge in [-0.3, -0.25) is 4.18 Å². The number of hydrogen-bond donors (Lipinski definition) is 1. The third-order valence-corrected chi connectivity index (χ3v) is 9.78. The van der Waals surface area contributed by atoms with Crippen LogP contribution in [-0.2, 0) is 31.9 Å². The Bertz CT molecular complexity index is 2150. The first-order chi connectivity index (χ1) is 19.8. The second-order valence-corrected chi connectivity index (χ2v) is 12.3. The van der Waals surface area contributed by atoms with Gasteiger partial charge in [0.1, 0.15) is 11.4 Å². The molecule has 0 fully saturated rings. The molecule has 1 unspecified atom stereocenters. The highest BCUT2D eigenvalue weighted by atomic mass is 32.2. The molecule has 0 aliphatic carbocycles. The fourth-order valence-corrected chi connectivity index (χ4v) is 7.40. The first-order valence-electron chi connectivity index (χ1n) is 13.3. The van der Waals surface area contributed by atoms with E-state index in [2.05, 4.69) is 29.1 Å². The zero-order valence-corrected chi connectivity index (χ0v) is 24.5. The van der Waals surface area contributed by atoms with Crippen molar-refractivity contribution >= 4 is 71.1 Å². The summed E-state index contributed by atoms with van der Waals surface area (Å²) in [4.78, 5) is 0.581. The second kappa shape index (κ2) is 10.5. The molecule has 6 rings (SSSR count). The third-order valence-electron chi connectivity index (χ3n) is 7.71. The molecule has 41 heavy (non-hydrogen) atoms. The lowest BCUT2D eigenvalue weighted by Crippen LogP contribution is -2.14. The van der Waals surface area contributed by atoms with Crippen molar-refractivity contribution in [1.82, 2.24) is 4.57 Å². The summed E-state index contributed by atoms with van der Waals surface area (Å²) >= 11 is -2.06. The smallest absolute Gasteiger partial charge is 0.297 e. The molecule has 0 spiro atoms. The van der Waals surface area contributed by atoms with Crippen LogP contribution in [0.3, 0.4) is 0 Å². The number of nitrogens with zero attached hydrogens (tertiary/aromatic N) is 2. The van der Waals surface area contributed by atoms with E-state index in [1.54, 1.807) is 12.1 Å². The van der Waals surface area contributed by atoms with E-state index in [4.69, 9.17) is 4.18 Å². The summed E-state index contributed by atoms with van der Waals surface area (Å²) < 4.78 is 56.1. The van der Waals surface area contributed by atoms with E-state index in [-0.39, 0.29) is 4.90 Å². The van der Waals surface area contributed by atoms with Crippen LogP contribution < -0.4 is 5.35 Å². The Morgan fingerprint density at radius 1 is 0.927 bits per heavy atom. The van der Waals surface area contributed by atoms with Crippen molar-refractivity contribution in [2.75, 3.05) is 13.7 Å². The van der Waals surface area contributed by atoms with Gasteiger partial charge in [-0.15, -0.1) is 0 Å². The number of benzene rings is 4. The second-order valence-electron chi connectivity index (χ2n) is 9.66.